The molecule has 15 rings (SSSR count). The van der Waals surface area contributed by atoms with Gasteiger partial charge in [-0.1, -0.05) is 483 Å². The summed E-state index contributed by atoms with van der Waals surface area (Å²) in [6.07, 6.45) is 35.1. The predicted octanol–water partition coefficient (Wildman–Crippen LogP) is 40.1. The molecule has 5 aromatic carbocycles. The van der Waals surface area contributed by atoms with Crippen LogP contribution in [0.3, 0.4) is 0 Å². The second-order valence-corrected chi connectivity index (χ2v) is 42.4. The van der Waals surface area contributed by atoms with Gasteiger partial charge in [0, 0.05) is 121 Å². The number of aromatic nitrogens is 16. The van der Waals surface area contributed by atoms with Crippen molar-refractivity contribution in [3.8, 4) is 0 Å². The quantitative estimate of drug-likeness (QED) is 0.129. The molecule has 0 bridgehead atoms. The molecule has 0 fully saturated rings. The maximum absolute atomic E-state index is 4.35. The van der Waals surface area contributed by atoms with Crippen molar-refractivity contribution < 1.29 is 0 Å². The van der Waals surface area contributed by atoms with Crippen molar-refractivity contribution in [1.29, 1.82) is 0 Å². The number of fused-ring (bicyclic) bond motifs is 7. The molecular formula is C125H212N16. The maximum atomic E-state index is 4.35. The Hall–Kier alpha value is -11.3. The average molecular weight is 1940 g/mol. The van der Waals surface area contributed by atoms with Gasteiger partial charge < -0.3 is 0 Å². The summed E-state index contributed by atoms with van der Waals surface area (Å²) in [4.78, 5) is 62.4. The molecule has 16 nitrogen and oxygen atoms in total. The van der Waals surface area contributed by atoms with E-state index in [4.69, 9.17) is 0 Å². The van der Waals surface area contributed by atoms with E-state index < -0.39 is 0 Å². The van der Waals surface area contributed by atoms with E-state index >= 15 is 0 Å². The van der Waals surface area contributed by atoms with Gasteiger partial charge in [0.25, 0.3) is 0 Å². The lowest BCUT2D eigenvalue weighted by Crippen LogP contribution is -1.93. The summed E-state index contributed by atoms with van der Waals surface area (Å²) in [6.45, 7) is 115. The van der Waals surface area contributed by atoms with E-state index in [1.54, 1.807) is 86.8 Å². The Morgan fingerprint density at radius 3 is 0.617 bits per heavy atom. The number of rotatable bonds is 0. The third-order valence-corrected chi connectivity index (χ3v) is 10.1. The van der Waals surface area contributed by atoms with E-state index in [0.29, 0.717) is 48.7 Å². The summed E-state index contributed by atoms with van der Waals surface area (Å²) in [5.74, 6) is 0. The number of nitrogens with zero attached hydrogens (tertiary/aromatic N) is 16. The van der Waals surface area contributed by atoms with Crippen molar-refractivity contribution in [1.82, 2.24) is 79.7 Å². The third-order valence-electron chi connectivity index (χ3n) is 10.1. The first kappa shape index (κ1) is 155. The van der Waals surface area contributed by atoms with E-state index in [1.807, 2.05) is 271 Å². The van der Waals surface area contributed by atoms with Crippen LogP contribution in [0.4, 0.5) is 0 Å². The minimum atomic E-state index is 0.500. The molecule has 141 heavy (non-hydrogen) atoms. The zero-order chi connectivity index (χ0) is 112. The highest BCUT2D eigenvalue weighted by Crippen LogP contribution is 2.22. The van der Waals surface area contributed by atoms with Gasteiger partial charge in [-0.25, -0.2) is 34.9 Å². The second kappa shape index (κ2) is 100. The van der Waals surface area contributed by atoms with Crippen LogP contribution in [0.2, 0.25) is 0 Å². The monoisotopic (exact) mass is 1940 g/mol. The van der Waals surface area contributed by atoms with Crippen LogP contribution in [0.5, 0.6) is 0 Å². The van der Waals surface area contributed by atoms with Crippen LogP contribution in [-0.4, -0.2) is 79.7 Å². The highest BCUT2D eigenvalue weighted by atomic mass is 14.9. The Morgan fingerprint density at radius 1 is 0.128 bits per heavy atom. The van der Waals surface area contributed by atoms with E-state index in [-0.39, 0.29) is 0 Å². The SMILES string of the molecule is CC.CC.CC.CC.CC.CC.CC.CC.CC.CC(C)(C)C.CC(C)(C)C.CC(C)(C)C.CC(C)(C)C.CC(C)(C)C.CC(C)(C)C.CC(C)(C)C.CC(C)(C)C.CC(C)(C)C.c1ccc2cnccc2c1.c1ccc2ncccc2c1.c1ccc2nccnc2c1.c1ccc2ncncc2c1.c1ccncc1.c1cnc2c(c1)ccc1cccnc12.c1cnccn1.c1cncnc1.c1ncncn1. The molecule has 0 amide bonds. The molecule has 0 N–H and O–H groups in total. The molecule has 0 saturated heterocycles. The van der Waals surface area contributed by atoms with Gasteiger partial charge in [0.1, 0.15) is 31.6 Å². The van der Waals surface area contributed by atoms with Gasteiger partial charge in [-0.3, -0.25) is 44.9 Å². The molecule has 0 saturated carbocycles. The van der Waals surface area contributed by atoms with E-state index in [0.717, 1.165) is 49.3 Å². The van der Waals surface area contributed by atoms with Gasteiger partial charge in [0.15, 0.2) is 0 Å². The van der Waals surface area contributed by atoms with E-state index in [1.165, 1.54) is 41.5 Å². The molecule has 0 radical (unpaired) electrons. The smallest absolute Gasteiger partial charge is 0.119 e. The van der Waals surface area contributed by atoms with Crippen molar-refractivity contribution >= 4 is 65.4 Å². The summed E-state index contributed by atoms with van der Waals surface area (Å²) in [5, 5.41) is 7.01. The minimum Gasteiger partial charge on any atom is -0.265 e. The van der Waals surface area contributed by atoms with Crippen LogP contribution >= 0.6 is 0 Å². The van der Waals surface area contributed by atoms with Gasteiger partial charge in [-0.15, -0.1) is 0 Å². The molecule has 792 valence electrons. The highest BCUT2D eigenvalue weighted by molar-refractivity contribution is 6.02. The van der Waals surface area contributed by atoms with Crippen LogP contribution in [0.1, 0.15) is 374 Å². The van der Waals surface area contributed by atoms with Crippen molar-refractivity contribution in [3.63, 3.8) is 0 Å². The van der Waals surface area contributed by atoms with Gasteiger partial charge in [-0.2, -0.15) is 0 Å². The molecule has 0 unspecified atom stereocenters. The Bertz CT molecular complexity index is 3880. The normalized spacial score (nSPS) is 9.49. The Balaban J connectivity index is -0.000000125. The van der Waals surface area contributed by atoms with Crippen LogP contribution in [-0.2, 0) is 0 Å². The van der Waals surface area contributed by atoms with E-state index in [2.05, 4.69) is 378 Å². The summed E-state index contributed by atoms with van der Waals surface area (Å²) >= 11 is 0. The number of para-hydroxylation sites is 4. The lowest BCUT2D eigenvalue weighted by atomic mass is 10.0. The van der Waals surface area contributed by atoms with Crippen molar-refractivity contribution in [2.24, 2.45) is 48.7 Å². The molecule has 16 heteroatoms. The predicted molar refractivity (Wildman–Crippen MR) is 636 cm³/mol. The molecule has 0 aliphatic carbocycles. The van der Waals surface area contributed by atoms with Gasteiger partial charge >= 0.3 is 0 Å². The fourth-order valence-corrected chi connectivity index (χ4v) is 6.58. The Morgan fingerprint density at radius 2 is 0.362 bits per heavy atom. The average Bonchev–Trinajstić information content (AvgIpc) is 0.796. The first-order valence-corrected chi connectivity index (χ1v) is 51.1. The third kappa shape index (κ3) is 154. The standard InChI is InChI=1S/C12H8N2.2C9H7N.2C8H6N2.C5H5N.9C5H12.2C4H4N2.C3H3N3.9C2H6/c1-3-9-5-6-10-4-2-8-14-12(10)11(9)13-7-1;1-2-6-9-8(4-1)5-3-7-10-9;1-2-4-9-7-10-6-5-8(9)3-1;1-2-4-8-7(3-1)5-9-6-10-8;1-2-4-8-7(3-1)9-5-6-10-8;1-2-4-6-5-3-1;9*1-5(2,3)4;1-2-6-4-3-5-1;1-2-5-4-6-3-1;1-4-2-6-3-5-1;9*1-2/h1-8H;2*1-7H;2*1-6H;1-5H;9*1-4H3;2*1-4H;1-3H;9*1-2H3. The van der Waals surface area contributed by atoms with Crippen molar-refractivity contribution in [2.75, 3.05) is 0 Å². The molecule has 15 aromatic rings. The molecule has 0 atom stereocenters. The zero-order valence-electron chi connectivity index (χ0n) is 101. The lowest BCUT2D eigenvalue weighted by Gasteiger charge is -2.05. The number of hydrogen-bond donors (Lipinski definition) is 0. The van der Waals surface area contributed by atoms with Gasteiger partial charge in [0.2, 0.25) is 0 Å². The van der Waals surface area contributed by atoms with Crippen LogP contribution in [0.25, 0.3) is 65.4 Å². The Kier molecular flexibility index (Phi) is 110. The number of hydrogen-bond acceptors (Lipinski definition) is 16. The zero-order valence-corrected chi connectivity index (χ0v) is 101. The largest absolute Gasteiger partial charge is 0.265 e. The topological polar surface area (TPSA) is 206 Å². The molecular weight excluding hydrogens is 1730 g/mol. The van der Waals surface area contributed by atoms with Crippen molar-refractivity contribution in [2.45, 2.75) is 374 Å². The first-order valence-electron chi connectivity index (χ1n) is 51.1. The summed E-state index contributed by atoms with van der Waals surface area (Å²) in [7, 11) is 0. The van der Waals surface area contributed by atoms with Gasteiger partial charge in [-0.05, 0) is 126 Å². The van der Waals surface area contributed by atoms with Crippen LogP contribution < -0.4 is 0 Å². The van der Waals surface area contributed by atoms with Crippen LogP contribution in [0.15, 0.2) is 307 Å². The number of benzene rings is 5. The van der Waals surface area contributed by atoms with Crippen molar-refractivity contribution in [3.05, 3.63) is 307 Å². The summed E-state index contributed by atoms with van der Waals surface area (Å²) in [6, 6.07) is 57.6. The van der Waals surface area contributed by atoms with E-state index in [9.17, 15) is 0 Å². The maximum Gasteiger partial charge on any atom is 0.119 e. The number of pyridine rings is 5. The fourth-order valence-electron chi connectivity index (χ4n) is 6.58. The second-order valence-electron chi connectivity index (χ2n) is 42.4. The molecule has 10 aromatic heterocycles. The fraction of sp³-hybridized carbons (Fsp3) is 0.504. The van der Waals surface area contributed by atoms with Gasteiger partial charge in [0.05, 0.1) is 33.1 Å². The minimum absolute atomic E-state index is 0.500. The molecule has 0 spiro atoms. The molecule has 0 aliphatic heterocycles. The Labute approximate surface area is 869 Å². The summed E-state index contributed by atoms with van der Waals surface area (Å²) in [5.41, 5.74) is 10.4. The molecule has 10 heterocycles. The summed E-state index contributed by atoms with van der Waals surface area (Å²) < 4.78 is 0. The molecule has 0 aliphatic rings. The lowest BCUT2D eigenvalue weighted by molar-refractivity contribution is 0.469. The van der Waals surface area contributed by atoms with Crippen LogP contribution in [0, 0.1) is 48.7 Å². The first-order chi connectivity index (χ1) is 65.8. The highest BCUT2D eigenvalue weighted by Gasteiger charge is 2.03.